The van der Waals surface area contributed by atoms with Crippen molar-refractivity contribution in [3.05, 3.63) is 95.1 Å². The number of fused-ring (bicyclic) bond motifs is 2. The fourth-order valence-corrected chi connectivity index (χ4v) is 6.70. The van der Waals surface area contributed by atoms with E-state index in [4.69, 9.17) is 4.74 Å². The van der Waals surface area contributed by atoms with E-state index in [0.29, 0.717) is 17.0 Å². The molecule has 0 aromatic heterocycles. The van der Waals surface area contributed by atoms with E-state index in [1.54, 1.807) is 36.4 Å². The third-order valence-corrected chi connectivity index (χ3v) is 8.77. The largest absolute Gasteiger partial charge is 0.476 e. The van der Waals surface area contributed by atoms with Crippen molar-refractivity contribution >= 4 is 21.6 Å². The Hall–Kier alpha value is -3.32. The fraction of sp³-hybridized carbons (Fsp3) is 0.345. The van der Waals surface area contributed by atoms with Gasteiger partial charge in [0.15, 0.2) is 6.10 Å². The van der Waals surface area contributed by atoms with Crippen LogP contribution in [0.3, 0.4) is 0 Å². The number of nitrogens with zero attached hydrogens (tertiary/aromatic N) is 1. The second kappa shape index (κ2) is 10.3. The van der Waals surface area contributed by atoms with Gasteiger partial charge in [-0.1, -0.05) is 67.6 Å². The van der Waals surface area contributed by atoms with Crippen molar-refractivity contribution < 1.29 is 17.9 Å². The van der Waals surface area contributed by atoms with E-state index in [-0.39, 0.29) is 24.2 Å². The van der Waals surface area contributed by atoms with E-state index in [1.807, 2.05) is 25.1 Å². The number of anilines is 1. The first-order valence-corrected chi connectivity index (χ1v) is 14.3. The van der Waals surface area contributed by atoms with Crippen LogP contribution in [0.25, 0.3) is 0 Å². The molecule has 1 aliphatic carbocycles. The van der Waals surface area contributed by atoms with Crippen LogP contribution in [0.15, 0.2) is 72.8 Å². The second-order valence-electron chi connectivity index (χ2n) is 9.55. The van der Waals surface area contributed by atoms with Crippen LogP contribution in [0.4, 0.5) is 5.69 Å². The molecule has 2 unspecified atom stereocenters. The van der Waals surface area contributed by atoms with E-state index in [2.05, 4.69) is 23.5 Å². The molecule has 1 N–H and O–H groups in total. The number of para-hydroxylation sites is 2. The Morgan fingerprint density at radius 2 is 1.72 bits per heavy atom. The zero-order chi connectivity index (χ0) is 25.1. The summed E-state index contributed by atoms with van der Waals surface area (Å²) in [5.41, 5.74) is 5.00. The number of amides is 1. The molecule has 0 spiro atoms. The molecule has 1 heterocycles. The number of ether oxygens (including phenoxy) is 1. The summed E-state index contributed by atoms with van der Waals surface area (Å²) in [5, 5.41) is 3.13. The molecule has 2 aliphatic rings. The zero-order valence-electron chi connectivity index (χ0n) is 20.5. The molecule has 0 fully saturated rings. The number of sulfonamides is 1. The summed E-state index contributed by atoms with van der Waals surface area (Å²) in [5.74, 6) is -0.0696. The average Bonchev–Trinajstić information content (AvgIpc) is 2.91. The molecule has 188 valence electrons. The Kier molecular flexibility index (Phi) is 7.01. The standard InChI is InChI=1S/C29H32N2O4S/c1-2-25(24-17-16-22-12-6-7-13-23(22)18-24)30-29(32)28-19-31(26-14-8-9-15-27(26)35-28)36(33,34)20-21-10-4-3-5-11-21/h3-5,8-11,14-18,25,28H,2,6-7,12-13,19-20H2,1H3,(H,30,32). The SMILES string of the molecule is CCC(NC(=O)C1CN(S(=O)(=O)Cc2ccccc2)c2ccccc2O1)c1ccc2c(c1)CCCC2. The van der Waals surface area contributed by atoms with Crippen molar-refractivity contribution in [3.8, 4) is 5.75 Å². The Bertz CT molecular complexity index is 1340. The second-order valence-corrected chi connectivity index (χ2v) is 11.4. The van der Waals surface area contributed by atoms with E-state index in [1.165, 1.54) is 28.3 Å². The minimum Gasteiger partial charge on any atom is -0.476 e. The van der Waals surface area contributed by atoms with Crippen LogP contribution in [0.5, 0.6) is 5.75 Å². The molecule has 2 atom stereocenters. The van der Waals surface area contributed by atoms with Gasteiger partial charge in [-0.3, -0.25) is 9.10 Å². The quantitative estimate of drug-likeness (QED) is 0.495. The van der Waals surface area contributed by atoms with Gasteiger partial charge in [0.25, 0.3) is 5.91 Å². The smallest absolute Gasteiger partial charge is 0.263 e. The lowest BCUT2D eigenvalue weighted by Gasteiger charge is -2.35. The molecule has 1 amide bonds. The topological polar surface area (TPSA) is 75.7 Å². The van der Waals surface area contributed by atoms with Crippen LogP contribution in [-0.2, 0) is 33.4 Å². The Morgan fingerprint density at radius 1 is 1.00 bits per heavy atom. The summed E-state index contributed by atoms with van der Waals surface area (Å²) in [6, 6.07) is 22.4. The maximum Gasteiger partial charge on any atom is 0.263 e. The summed E-state index contributed by atoms with van der Waals surface area (Å²) in [6.45, 7) is 1.97. The van der Waals surface area contributed by atoms with Gasteiger partial charge in [-0.25, -0.2) is 8.42 Å². The maximum absolute atomic E-state index is 13.5. The number of hydrogen-bond donors (Lipinski definition) is 1. The van der Waals surface area contributed by atoms with Crippen molar-refractivity contribution in [3.63, 3.8) is 0 Å². The Morgan fingerprint density at radius 3 is 2.50 bits per heavy atom. The highest BCUT2D eigenvalue weighted by Gasteiger charge is 2.37. The zero-order valence-corrected chi connectivity index (χ0v) is 21.3. The minimum absolute atomic E-state index is 0.0708. The molecule has 0 bridgehead atoms. The molecule has 6 nitrogen and oxygen atoms in total. The predicted octanol–water partition coefficient (Wildman–Crippen LogP) is 4.93. The van der Waals surface area contributed by atoms with Gasteiger partial charge in [-0.2, -0.15) is 0 Å². The fourth-order valence-electron chi connectivity index (χ4n) is 5.12. The van der Waals surface area contributed by atoms with Crippen molar-refractivity contribution in [1.82, 2.24) is 5.32 Å². The van der Waals surface area contributed by atoms with Gasteiger partial charge < -0.3 is 10.1 Å². The van der Waals surface area contributed by atoms with Gasteiger partial charge in [0.1, 0.15) is 5.75 Å². The molecule has 3 aromatic carbocycles. The van der Waals surface area contributed by atoms with E-state index in [0.717, 1.165) is 24.8 Å². The van der Waals surface area contributed by atoms with Crippen molar-refractivity contribution in [2.45, 2.75) is 56.9 Å². The van der Waals surface area contributed by atoms with Crippen LogP contribution in [0.1, 0.15) is 54.5 Å². The van der Waals surface area contributed by atoms with Gasteiger partial charge in [-0.05, 0) is 66.5 Å². The van der Waals surface area contributed by atoms with Crippen molar-refractivity contribution in [2.24, 2.45) is 0 Å². The van der Waals surface area contributed by atoms with Crippen molar-refractivity contribution in [2.75, 3.05) is 10.8 Å². The van der Waals surface area contributed by atoms with Gasteiger partial charge in [0.2, 0.25) is 10.0 Å². The average molecular weight is 505 g/mol. The summed E-state index contributed by atoms with van der Waals surface area (Å²) in [4.78, 5) is 13.4. The molecule has 0 radical (unpaired) electrons. The first kappa shape index (κ1) is 24.4. The summed E-state index contributed by atoms with van der Waals surface area (Å²) in [7, 11) is -3.74. The van der Waals surface area contributed by atoms with Crippen LogP contribution < -0.4 is 14.4 Å². The normalized spacial score (nSPS) is 17.9. The number of carbonyl (C=O) groups is 1. The summed E-state index contributed by atoms with van der Waals surface area (Å²) < 4.78 is 34.3. The number of carbonyl (C=O) groups excluding carboxylic acids is 1. The molecule has 1 aliphatic heterocycles. The van der Waals surface area contributed by atoms with Crippen LogP contribution >= 0.6 is 0 Å². The highest BCUT2D eigenvalue weighted by molar-refractivity contribution is 7.92. The number of aryl methyl sites for hydroxylation is 2. The van der Waals surface area contributed by atoms with Crippen LogP contribution in [0.2, 0.25) is 0 Å². The molecule has 5 rings (SSSR count). The third kappa shape index (κ3) is 5.12. The number of benzene rings is 3. The maximum atomic E-state index is 13.5. The predicted molar refractivity (Wildman–Crippen MR) is 142 cm³/mol. The van der Waals surface area contributed by atoms with Crippen LogP contribution in [-0.4, -0.2) is 27.0 Å². The Labute approximate surface area is 213 Å². The van der Waals surface area contributed by atoms with Gasteiger partial charge in [0, 0.05) is 0 Å². The number of rotatable bonds is 7. The molecule has 3 aromatic rings. The lowest BCUT2D eigenvalue weighted by Crippen LogP contribution is -2.51. The monoisotopic (exact) mass is 504 g/mol. The minimum atomic E-state index is -3.74. The number of nitrogens with one attached hydrogen (secondary N) is 1. The molecule has 7 heteroatoms. The molecule has 36 heavy (non-hydrogen) atoms. The summed E-state index contributed by atoms with van der Waals surface area (Å²) >= 11 is 0. The molecular formula is C29H32N2O4S. The first-order valence-electron chi connectivity index (χ1n) is 12.7. The first-order chi connectivity index (χ1) is 17.4. The third-order valence-electron chi connectivity index (χ3n) is 7.05. The summed E-state index contributed by atoms with van der Waals surface area (Å²) in [6.07, 6.45) is 4.39. The van der Waals surface area contributed by atoms with E-state index < -0.39 is 16.1 Å². The molecular weight excluding hydrogens is 472 g/mol. The van der Waals surface area contributed by atoms with Crippen LogP contribution in [0, 0.1) is 0 Å². The molecule has 0 saturated heterocycles. The lowest BCUT2D eigenvalue weighted by molar-refractivity contribution is -0.128. The van der Waals surface area contributed by atoms with E-state index >= 15 is 0 Å². The highest BCUT2D eigenvalue weighted by atomic mass is 32.2. The Balaban J connectivity index is 1.37. The van der Waals surface area contributed by atoms with Gasteiger partial charge in [0.05, 0.1) is 24.0 Å². The highest BCUT2D eigenvalue weighted by Crippen LogP contribution is 2.36. The lowest BCUT2D eigenvalue weighted by atomic mass is 9.88. The molecule has 0 saturated carbocycles. The van der Waals surface area contributed by atoms with E-state index in [9.17, 15) is 13.2 Å². The van der Waals surface area contributed by atoms with Gasteiger partial charge in [-0.15, -0.1) is 0 Å². The van der Waals surface area contributed by atoms with Crippen molar-refractivity contribution in [1.29, 1.82) is 0 Å². The van der Waals surface area contributed by atoms with Gasteiger partial charge >= 0.3 is 0 Å². The number of hydrogen-bond acceptors (Lipinski definition) is 4.